The maximum atomic E-state index is 12.1. The zero-order valence-corrected chi connectivity index (χ0v) is 15.2. The van der Waals surface area contributed by atoms with Crippen LogP contribution in [0.15, 0.2) is 42.5 Å². The van der Waals surface area contributed by atoms with Crippen LogP contribution in [0.1, 0.15) is 18.1 Å². The molecule has 2 aromatic rings. The Morgan fingerprint density at radius 1 is 1.04 bits per heavy atom. The molecule has 1 aliphatic carbocycles. The van der Waals surface area contributed by atoms with Crippen molar-refractivity contribution in [2.24, 2.45) is 0 Å². The number of benzene rings is 2. The fraction of sp³-hybridized carbons (Fsp3) is 0.200. The first-order valence-corrected chi connectivity index (χ1v) is 8.35. The molecule has 0 aromatic heterocycles. The van der Waals surface area contributed by atoms with Crippen molar-refractivity contribution in [3.63, 3.8) is 0 Å². The van der Waals surface area contributed by atoms with Gasteiger partial charge in [0.15, 0.2) is 0 Å². The highest BCUT2D eigenvalue weighted by atomic mass is 35.5. The molecule has 1 aliphatic rings. The number of ether oxygens (including phenoxy) is 3. The smallest absolute Gasteiger partial charge is 0.437 e. The summed E-state index contributed by atoms with van der Waals surface area (Å²) in [7, 11) is 1.24. The number of fused-ring (bicyclic) bond motifs is 2. The molecule has 0 saturated carbocycles. The van der Waals surface area contributed by atoms with E-state index in [4.69, 9.17) is 21.1 Å². The molecule has 0 radical (unpaired) electrons. The number of rotatable bonds is 3. The Hall–Kier alpha value is -2.79. The Morgan fingerprint density at radius 2 is 1.65 bits per heavy atom. The van der Waals surface area contributed by atoms with E-state index in [1.807, 2.05) is 12.2 Å². The van der Waals surface area contributed by atoms with Crippen molar-refractivity contribution >= 4 is 34.5 Å². The summed E-state index contributed by atoms with van der Waals surface area (Å²) in [5, 5.41) is 1.66. The van der Waals surface area contributed by atoms with Crippen LogP contribution in [-0.4, -0.2) is 19.2 Å². The van der Waals surface area contributed by atoms with E-state index < -0.39 is 12.1 Å². The first kappa shape index (κ1) is 18.0. The van der Waals surface area contributed by atoms with Gasteiger partial charge in [-0.05, 0) is 38.0 Å². The Labute approximate surface area is 155 Å². The number of methoxy groups -OCH3 is 1. The second kappa shape index (κ2) is 7.22. The number of carbonyl (C=O) groups excluding carboxylic acids is 2. The quantitative estimate of drug-likeness (QED) is 0.255. The highest BCUT2D eigenvalue weighted by Crippen LogP contribution is 2.44. The number of hydrogen-bond donors (Lipinski definition) is 0. The largest absolute Gasteiger partial charge is 0.513 e. The molecule has 0 spiro atoms. The van der Waals surface area contributed by atoms with Gasteiger partial charge in [0.25, 0.3) is 0 Å². The van der Waals surface area contributed by atoms with Gasteiger partial charge in [-0.2, -0.15) is 0 Å². The summed E-state index contributed by atoms with van der Waals surface area (Å²) in [4.78, 5) is 23.9. The van der Waals surface area contributed by atoms with Gasteiger partial charge in [-0.15, -0.1) is 0 Å². The van der Waals surface area contributed by atoms with Gasteiger partial charge in [-0.25, -0.2) is 9.59 Å². The number of carbonyl (C=O) groups is 2. The highest BCUT2D eigenvalue weighted by Gasteiger charge is 2.25. The van der Waals surface area contributed by atoms with Crippen LogP contribution >= 0.6 is 11.6 Å². The Balaban J connectivity index is 2.31. The normalized spacial score (nSPS) is 12.4. The minimum absolute atomic E-state index is 0.294. The summed E-state index contributed by atoms with van der Waals surface area (Å²) >= 11 is 6.15. The maximum Gasteiger partial charge on any atom is 0.513 e. The molecule has 0 fully saturated rings. The zero-order valence-electron chi connectivity index (χ0n) is 14.4. The van der Waals surface area contributed by atoms with Crippen molar-refractivity contribution in [2.45, 2.75) is 19.8 Å². The van der Waals surface area contributed by atoms with E-state index in [2.05, 4.69) is 11.3 Å². The zero-order chi connectivity index (χ0) is 18.8. The van der Waals surface area contributed by atoms with E-state index in [9.17, 15) is 9.59 Å². The van der Waals surface area contributed by atoms with Crippen molar-refractivity contribution in [3.8, 4) is 11.5 Å². The van der Waals surface area contributed by atoms with Crippen molar-refractivity contribution < 1.29 is 23.8 Å². The van der Waals surface area contributed by atoms with Gasteiger partial charge >= 0.3 is 12.1 Å². The van der Waals surface area contributed by atoms with Crippen molar-refractivity contribution in [3.05, 3.63) is 58.7 Å². The third-order valence-electron chi connectivity index (χ3n) is 4.09. The number of allylic oxidation sites excluding steroid dienone is 2. The van der Waals surface area contributed by atoms with Crippen LogP contribution in [0, 0.1) is 0 Å². The lowest BCUT2D eigenvalue weighted by atomic mass is 9.90. The number of esters is 1. The molecule has 0 saturated heterocycles. The van der Waals surface area contributed by atoms with Gasteiger partial charge in [0.05, 0.1) is 7.11 Å². The Kier molecular flexibility index (Phi) is 5.00. The summed E-state index contributed by atoms with van der Waals surface area (Å²) in [5.74, 6) is 0.282. The Bertz CT molecular complexity index is 959. The van der Waals surface area contributed by atoms with E-state index in [0.717, 1.165) is 11.1 Å². The summed E-state index contributed by atoms with van der Waals surface area (Å²) in [5.41, 5.74) is 1.84. The molecule has 0 heterocycles. The molecule has 0 aliphatic heterocycles. The van der Waals surface area contributed by atoms with Crippen molar-refractivity contribution in [1.29, 1.82) is 0 Å². The minimum Gasteiger partial charge on any atom is -0.437 e. The Morgan fingerprint density at radius 3 is 2.23 bits per heavy atom. The van der Waals surface area contributed by atoms with Crippen LogP contribution in [-0.2, 0) is 22.4 Å². The monoisotopic (exact) mass is 372 g/mol. The summed E-state index contributed by atoms with van der Waals surface area (Å²) in [6.07, 6.45) is 4.19. The average Bonchev–Trinajstić information content (AvgIpc) is 2.63. The van der Waals surface area contributed by atoms with E-state index in [-0.39, 0.29) is 0 Å². The molecule has 0 amide bonds. The van der Waals surface area contributed by atoms with Crippen LogP contribution < -0.4 is 9.47 Å². The molecule has 2 aromatic carbocycles. The van der Waals surface area contributed by atoms with Gasteiger partial charge in [0.2, 0.25) is 0 Å². The fourth-order valence-electron chi connectivity index (χ4n) is 2.87. The predicted octanol–water partition coefficient (Wildman–Crippen LogP) is 4.77. The summed E-state index contributed by atoms with van der Waals surface area (Å²) in [6.45, 7) is 5.22. The molecule has 3 rings (SSSR count). The van der Waals surface area contributed by atoms with Crippen LogP contribution in [0.25, 0.3) is 10.8 Å². The fourth-order valence-corrected chi connectivity index (χ4v) is 3.05. The SMILES string of the molecule is C=C(C)C(=O)Oc1c2c(c(OC(=O)OC)c3cc(Cl)ccc13)CC=CC2. The molecule has 5 nitrogen and oxygen atoms in total. The van der Waals surface area contributed by atoms with Gasteiger partial charge < -0.3 is 14.2 Å². The molecule has 134 valence electrons. The standard InChI is InChI=1S/C20H17ClO5/c1-11(2)19(22)25-17-13-6-4-5-7-14(13)18(26-20(23)24-3)16-10-12(21)8-9-15(16)17/h4-5,8-10H,1,6-7H2,2-3H3. The number of hydrogen-bond acceptors (Lipinski definition) is 5. The number of halogens is 1. The van der Waals surface area contributed by atoms with Gasteiger partial charge in [0.1, 0.15) is 11.5 Å². The predicted molar refractivity (Wildman–Crippen MR) is 99.0 cm³/mol. The highest BCUT2D eigenvalue weighted by molar-refractivity contribution is 6.31. The van der Waals surface area contributed by atoms with E-state index >= 15 is 0 Å². The van der Waals surface area contributed by atoms with Gasteiger partial charge in [-0.1, -0.05) is 30.3 Å². The van der Waals surface area contributed by atoms with Gasteiger partial charge in [-0.3, -0.25) is 0 Å². The van der Waals surface area contributed by atoms with Crippen LogP contribution in [0.5, 0.6) is 11.5 Å². The van der Waals surface area contributed by atoms with Crippen LogP contribution in [0.4, 0.5) is 4.79 Å². The molecule has 0 atom stereocenters. The lowest BCUT2D eigenvalue weighted by Gasteiger charge is -2.22. The average molecular weight is 373 g/mol. The lowest BCUT2D eigenvalue weighted by molar-refractivity contribution is -0.130. The topological polar surface area (TPSA) is 61.8 Å². The van der Waals surface area contributed by atoms with Crippen molar-refractivity contribution in [1.82, 2.24) is 0 Å². The second-order valence-electron chi connectivity index (χ2n) is 5.91. The molecule has 0 bridgehead atoms. The molecule has 6 heteroatoms. The molecular formula is C20H17ClO5. The van der Waals surface area contributed by atoms with E-state index in [1.54, 1.807) is 25.1 Å². The minimum atomic E-state index is -0.824. The molecule has 0 unspecified atom stereocenters. The summed E-state index contributed by atoms with van der Waals surface area (Å²) in [6, 6.07) is 5.10. The maximum absolute atomic E-state index is 12.1. The third-order valence-corrected chi connectivity index (χ3v) is 4.32. The molecule has 26 heavy (non-hydrogen) atoms. The summed E-state index contributed by atoms with van der Waals surface area (Å²) < 4.78 is 15.7. The third kappa shape index (κ3) is 3.30. The molecular weight excluding hydrogens is 356 g/mol. The first-order chi connectivity index (χ1) is 12.4. The van der Waals surface area contributed by atoms with Crippen LogP contribution in [0.3, 0.4) is 0 Å². The molecule has 0 N–H and O–H groups in total. The van der Waals surface area contributed by atoms with Gasteiger partial charge in [0, 0.05) is 32.5 Å². The van der Waals surface area contributed by atoms with E-state index in [1.165, 1.54) is 7.11 Å². The second-order valence-corrected chi connectivity index (χ2v) is 6.35. The van der Waals surface area contributed by atoms with E-state index in [0.29, 0.717) is 45.7 Å². The van der Waals surface area contributed by atoms with Crippen molar-refractivity contribution in [2.75, 3.05) is 7.11 Å². The van der Waals surface area contributed by atoms with Crippen LogP contribution in [0.2, 0.25) is 5.02 Å². The first-order valence-electron chi connectivity index (χ1n) is 7.97. The lowest BCUT2D eigenvalue weighted by Crippen LogP contribution is -2.15.